The third-order valence-corrected chi connectivity index (χ3v) is 4.29. The van der Waals surface area contributed by atoms with Gasteiger partial charge >= 0.3 is 0 Å². The highest BCUT2D eigenvalue weighted by atomic mass is 14.9. The molecule has 0 aliphatic heterocycles. The second kappa shape index (κ2) is 6.12. The summed E-state index contributed by atoms with van der Waals surface area (Å²) in [6, 6.07) is 6.09. The lowest BCUT2D eigenvalue weighted by atomic mass is 9.81. The SMILES string of the molecule is Cc1cccc(N)c1NCCC1CCC(C)CC1. The zero-order chi connectivity index (χ0) is 13.0. The molecule has 1 aromatic rings. The molecule has 0 aromatic heterocycles. The highest BCUT2D eigenvalue weighted by Crippen LogP contribution is 2.30. The molecule has 1 saturated carbocycles. The van der Waals surface area contributed by atoms with Gasteiger partial charge in [0, 0.05) is 6.54 Å². The van der Waals surface area contributed by atoms with Gasteiger partial charge in [-0.25, -0.2) is 0 Å². The highest BCUT2D eigenvalue weighted by molar-refractivity contribution is 5.69. The number of anilines is 2. The van der Waals surface area contributed by atoms with Gasteiger partial charge in [-0.1, -0.05) is 44.7 Å². The van der Waals surface area contributed by atoms with Crippen molar-refractivity contribution < 1.29 is 0 Å². The number of nitrogen functional groups attached to an aromatic ring is 1. The summed E-state index contributed by atoms with van der Waals surface area (Å²) in [6.45, 7) is 5.54. The molecule has 18 heavy (non-hydrogen) atoms. The van der Waals surface area contributed by atoms with Gasteiger partial charge in [0.15, 0.2) is 0 Å². The van der Waals surface area contributed by atoms with Crippen molar-refractivity contribution in [3.63, 3.8) is 0 Å². The summed E-state index contributed by atoms with van der Waals surface area (Å²) >= 11 is 0. The molecule has 0 amide bonds. The summed E-state index contributed by atoms with van der Waals surface area (Å²) in [4.78, 5) is 0. The molecule has 0 unspecified atom stereocenters. The maximum atomic E-state index is 6.00. The smallest absolute Gasteiger partial charge is 0.0603 e. The predicted octanol–water partition coefficient (Wildman–Crippen LogP) is 4.21. The molecule has 1 aliphatic carbocycles. The molecule has 1 fully saturated rings. The average Bonchev–Trinajstić information content (AvgIpc) is 2.35. The summed E-state index contributed by atoms with van der Waals surface area (Å²) in [5.74, 6) is 1.86. The zero-order valence-corrected chi connectivity index (χ0v) is 11.7. The van der Waals surface area contributed by atoms with Crippen LogP contribution in [0.1, 0.15) is 44.6 Å². The Bertz CT molecular complexity index is 358. The summed E-state index contributed by atoms with van der Waals surface area (Å²) in [5.41, 5.74) is 9.23. The lowest BCUT2D eigenvalue weighted by Gasteiger charge is -2.26. The van der Waals surface area contributed by atoms with Gasteiger partial charge in [0.1, 0.15) is 0 Å². The van der Waals surface area contributed by atoms with Crippen LogP contribution < -0.4 is 11.1 Å². The summed E-state index contributed by atoms with van der Waals surface area (Å²) in [6.07, 6.45) is 6.92. The van der Waals surface area contributed by atoms with Gasteiger partial charge in [0.25, 0.3) is 0 Å². The zero-order valence-electron chi connectivity index (χ0n) is 11.7. The van der Waals surface area contributed by atoms with Gasteiger partial charge in [0.05, 0.1) is 11.4 Å². The van der Waals surface area contributed by atoms with E-state index in [1.54, 1.807) is 0 Å². The molecule has 0 spiro atoms. The first-order chi connectivity index (χ1) is 8.66. The molecule has 2 rings (SSSR count). The minimum Gasteiger partial charge on any atom is -0.397 e. The Morgan fingerprint density at radius 3 is 2.61 bits per heavy atom. The number of nitrogens with two attached hydrogens (primary N) is 1. The van der Waals surface area contributed by atoms with Crippen molar-refractivity contribution in [2.75, 3.05) is 17.6 Å². The molecule has 0 saturated heterocycles. The van der Waals surface area contributed by atoms with Crippen LogP contribution in [-0.2, 0) is 0 Å². The predicted molar refractivity (Wildman–Crippen MR) is 79.8 cm³/mol. The van der Waals surface area contributed by atoms with E-state index in [2.05, 4.69) is 25.2 Å². The molecule has 100 valence electrons. The number of aryl methyl sites for hydroxylation is 1. The van der Waals surface area contributed by atoms with Crippen molar-refractivity contribution >= 4 is 11.4 Å². The van der Waals surface area contributed by atoms with Crippen LogP contribution in [0.4, 0.5) is 11.4 Å². The molecule has 0 radical (unpaired) electrons. The van der Waals surface area contributed by atoms with Crippen molar-refractivity contribution in [2.24, 2.45) is 11.8 Å². The number of nitrogens with one attached hydrogen (secondary N) is 1. The van der Waals surface area contributed by atoms with E-state index in [0.717, 1.165) is 29.8 Å². The van der Waals surface area contributed by atoms with Crippen molar-refractivity contribution in [1.82, 2.24) is 0 Å². The Morgan fingerprint density at radius 1 is 1.22 bits per heavy atom. The van der Waals surface area contributed by atoms with E-state index in [9.17, 15) is 0 Å². The van der Waals surface area contributed by atoms with E-state index >= 15 is 0 Å². The first-order valence-corrected chi connectivity index (χ1v) is 7.25. The number of hydrogen-bond donors (Lipinski definition) is 2. The Hall–Kier alpha value is -1.18. The van der Waals surface area contributed by atoms with Crippen LogP contribution in [0.15, 0.2) is 18.2 Å². The molecule has 3 N–H and O–H groups in total. The fourth-order valence-corrected chi connectivity index (χ4v) is 2.95. The molecule has 0 bridgehead atoms. The molecule has 1 aliphatic rings. The Labute approximate surface area is 111 Å². The Balaban J connectivity index is 1.78. The first-order valence-electron chi connectivity index (χ1n) is 7.25. The van der Waals surface area contributed by atoms with E-state index in [4.69, 9.17) is 5.73 Å². The standard InChI is InChI=1S/C16H26N2/c1-12-6-8-14(9-7-12)10-11-18-16-13(2)4-3-5-15(16)17/h3-5,12,14,18H,6-11,17H2,1-2H3. The second-order valence-electron chi connectivity index (χ2n) is 5.88. The number of rotatable bonds is 4. The van der Waals surface area contributed by atoms with Crippen molar-refractivity contribution in [3.8, 4) is 0 Å². The topological polar surface area (TPSA) is 38.0 Å². The van der Waals surface area contributed by atoms with E-state index in [-0.39, 0.29) is 0 Å². The minimum atomic E-state index is 0.868. The third kappa shape index (κ3) is 3.41. The fourth-order valence-electron chi connectivity index (χ4n) is 2.95. The second-order valence-corrected chi connectivity index (χ2v) is 5.88. The molecular weight excluding hydrogens is 220 g/mol. The van der Waals surface area contributed by atoms with Crippen LogP contribution in [-0.4, -0.2) is 6.54 Å². The normalized spacial score (nSPS) is 23.9. The number of benzene rings is 1. The van der Waals surface area contributed by atoms with Gasteiger partial charge < -0.3 is 11.1 Å². The summed E-state index contributed by atoms with van der Waals surface area (Å²) in [5, 5.41) is 3.51. The van der Waals surface area contributed by atoms with Crippen molar-refractivity contribution in [1.29, 1.82) is 0 Å². The van der Waals surface area contributed by atoms with Crippen LogP contribution in [0.3, 0.4) is 0 Å². The quantitative estimate of drug-likeness (QED) is 0.781. The van der Waals surface area contributed by atoms with Gasteiger partial charge in [-0.15, -0.1) is 0 Å². The number of hydrogen-bond acceptors (Lipinski definition) is 2. The molecule has 2 heteroatoms. The average molecular weight is 246 g/mol. The molecule has 1 aromatic carbocycles. The molecule has 0 atom stereocenters. The van der Waals surface area contributed by atoms with Gasteiger partial charge in [-0.2, -0.15) is 0 Å². The van der Waals surface area contributed by atoms with Crippen molar-refractivity contribution in [2.45, 2.75) is 46.0 Å². The van der Waals surface area contributed by atoms with Gasteiger partial charge in [0.2, 0.25) is 0 Å². The number of para-hydroxylation sites is 1. The van der Waals surface area contributed by atoms with E-state index in [1.807, 2.05) is 12.1 Å². The molecular formula is C16H26N2. The first kappa shape index (κ1) is 13.3. The fraction of sp³-hybridized carbons (Fsp3) is 0.625. The maximum Gasteiger partial charge on any atom is 0.0603 e. The van der Waals surface area contributed by atoms with Crippen molar-refractivity contribution in [3.05, 3.63) is 23.8 Å². The van der Waals surface area contributed by atoms with E-state index in [0.29, 0.717) is 0 Å². The van der Waals surface area contributed by atoms with Crippen LogP contribution in [0, 0.1) is 18.8 Å². The van der Waals surface area contributed by atoms with Crippen LogP contribution in [0.5, 0.6) is 0 Å². The lowest BCUT2D eigenvalue weighted by Crippen LogP contribution is -2.16. The molecule has 0 heterocycles. The van der Waals surface area contributed by atoms with Gasteiger partial charge in [-0.05, 0) is 36.8 Å². The highest BCUT2D eigenvalue weighted by Gasteiger charge is 2.17. The Morgan fingerprint density at radius 2 is 1.94 bits per heavy atom. The lowest BCUT2D eigenvalue weighted by molar-refractivity contribution is 0.282. The minimum absolute atomic E-state index is 0.868. The van der Waals surface area contributed by atoms with E-state index in [1.165, 1.54) is 37.7 Å². The largest absolute Gasteiger partial charge is 0.397 e. The van der Waals surface area contributed by atoms with E-state index < -0.39 is 0 Å². The summed E-state index contributed by atoms with van der Waals surface area (Å²) < 4.78 is 0. The van der Waals surface area contributed by atoms with Crippen LogP contribution in [0.2, 0.25) is 0 Å². The summed E-state index contributed by atoms with van der Waals surface area (Å²) in [7, 11) is 0. The monoisotopic (exact) mass is 246 g/mol. The Kier molecular flexibility index (Phi) is 4.51. The van der Waals surface area contributed by atoms with Crippen LogP contribution in [0.25, 0.3) is 0 Å². The van der Waals surface area contributed by atoms with Crippen LogP contribution >= 0.6 is 0 Å². The van der Waals surface area contributed by atoms with Gasteiger partial charge in [-0.3, -0.25) is 0 Å². The molecule has 2 nitrogen and oxygen atoms in total. The maximum absolute atomic E-state index is 6.00. The third-order valence-electron chi connectivity index (χ3n) is 4.29.